The van der Waals surface area contributed by atoms with E-state index in [1.807, 2.05) is 30.0 Å². The Hall–Kier alpha value is -2.55. The third-order valence-corrected chi connectivity index (χ3v) is 7.00. The molecule has 1 aliphatic rings. The first-order valence-corrected chi connectivity index (χ1v) is 10.6. The van der Waals surface area contributed by atoms with Gasteiger partial charge in [-0.25, -0.2) is 13.1 Å². The number of fused-ring (bicyclic) bond motifs is 1. The zero-order valence-electron chi connectivity index (χ0n) is 15.7. The molecular weight excluding hydrogens is 376 g/mol. The number of benzene rings is 2. The molecule has 0 bridgehead atoms. The summed E-state index contributed by atoms with van der Waals surface area (Å²) >= 11 is 0. The van der Waals surface area contributed by atoms with Crippen LogP contribution < -0.4 is 5.56 Å². The molecule has 2 heterocycles. The summed E-state index contributed by atoms with van der Waals surface area (Å²) in [5.41, 5.74) is 0.893. The van der Waals surface area contributed by atoms with Crippen LogP contribution >= 0.6 is 0 Å². The van der Waals surface area contributed by atoms with Gasteiger partial charge in [0.05, 0.1) is 23.1 Å². The van der Waals surface area contributed by atoms with Gasteiger partial charge in [0.15, 0.2) is 0 Å². The lowest BCUT2D eigenvalue weighted by atomic mass is 10.2. The molecule has 3 aromatic rings. The molecule has 0 atom stereocenters. The Balaban J connectivity index is 1.45. The van der Waals surface area contributed by atoms with E-state index in [2.05, 4.69) is 5.10 Å². The summed E-state index contributed by atoms with van der Waals surface area (Å²) in [4.78, 5) is 15.0. The van der Waals surface area contributed by atoms with Crippen LogP contribution in [0.5, 0.6) is 0 Å². The van der Waals surface area contributed by atoms with Crippen LogP contribution in [0.3, 0.4) is 0 Å². The van der Waals surface area contributed by atoms with Gasteiger partial charge in [0.25, 0.3) is 5.56 Å². The number of rotatable bonds is 4. The van der Waals surface area contributed by atoms with Gasteiger partial charge in [-0.1, -0.05) is 35.9 Å². The van der Waals surface area contributed by atoms with Gasteiger partial charge < -0.3 is 0 Å². The van der Waals surface area contributed by atoms with Crippen molar-refractivity contribution in [1.82, 2.24) is 19.0 Å². The third-order valence-electron chi connectivity index (χ3n) is 5.09. The summed E-state index contributed by atoms with van der Waals surface area (Å²) < 4.78 is 28.5. The maximum atomic E-state index is 12.8. The summed E-state index contributed by atoms with van der Waals surface area (Å²) in [7, 11) is -3.49. The van der Waals surface area contributed by atoms with Crippen molar-refractivity contribution in [2.75, 3.05) is 26.2 Å². The summed E-state index contributed by atoms with van der Waals surface area (Å²) in [6, 6.07) is 14.3. The molecule has 0 N–H and O–H groups in total. The number of hydrogen-bond donors (Lipinski definition) is 0. The molecule has 1 aromatic heterocycles. The highest BCUT2D eigenvalue weighted by atomic mass is 32.2. The van der Waals surface area contributed by atoms with Crippen molar-refractivity contribution in [3.05, 3.63) is 70.6 Å². The largest absolute Gasteiger partial charge is 0.282 e. The highest BCUT2D eigenvalue weighted by Gasteiger charge is 2.28. The summed E-state index contributed by atoms with van der Waals surface area (Å²) in [6.45, 7) is 4.15. The molecule has 7 nitrogen and oxygen atoms in total. The topological polar surface area (TPSA) is 75.5 Å². The van der Waals surface area contributed by atoms with Crippen molar-refractivity contribution in [3.8, 4) is 0 Å². The SMILES string of the molecule is Cc1ccc(S(=O)(=O)N2CCN(Cn3ncc4ccccc4c3=O)CC2)cc1. The van der Waals surface area contributed by atoms with Crippen molar-refractivity contribution in [2.24, 2.45) is 0 Å². The van der Waals surface area contributed by atoms with Crippen molar-refractivity contribution in [3.63, 3.8) is 0 Å². The minimum atomic E-state index is -3.49. The number of sulfonamides is 1. The van der Waals surface area contributed by atoms with E-state index in [-0.39, 0.29) is 5.56 Å². The van der Waals surface area contributed by atoms with Crippen molar-refractivity contribution >= 4 is 20.8 Å². The average molecular weight is 398 g/mol. The number of piperazine rings is 1. The molecule has 0 saturated carbocycles. The van der Waals surface area contributed by atoms with Gasteiger partial charge in [0, 0.05) is 31.6 Å². The van der Waals surface area contributed by atoms with Crippen molar-refractivity contribution in [2.45, 2.75) is 18.5 Å². The lowest BCUT2D eigenvalue weighted by molar-refractivity contribution is 0.143. The summed E-state index contributed by atoms with van der Waals surface area (Å²) in [5.74, 6) is 0. The average Bonchev–Trinajstić information content (AvgIpc) is 2.71. The van der Waals surface area contributed by atoms with Crippen LogP contribution in [0.15, 0.2) is 64.4 Å². The molecule has 0 aliphatic carbocycles. The second-order valence-electron chi connectivity index (χ2n) is 7.01. The molecule has 8 heteroatoms. The molecule has 2 aromatic carbocycles. The fraction of sp³-hybridized carbons (Fsp3) is 0.300. The molecule has 1 aliphatic heterocycles. The molecule has 4 rings (SSSR count). The van der Waals surface area contributed by atoms with Gasteiger partial charge in [0.1, 0.15) is 0 Å². The first-order valence-electron chi connectivity index (χ1n) is 9.19. The van der Waals surface area contributed by atoms with Gasteiger partial charge in [0.2, 0.25) is 10.0 Å². The van der Waals surface area contributed by atoms with E-state index in [9.17, 15) is 13.2 Å². The zero-order chi connectivity index (χ0) is 19.7. The minimum absolute atomic E-state index is 0.132. The quantitative estimate of drug-likeness (QED) is 0.668. The van der Waals surface area contributed by atoms with E-state index in [1.54, 1.807) is 36.5 Å². The lowest BCUT2D eigenvalue weighted by Crippen LogP contribution is -2.49. The van der Waals surface area contributed by atoms with Crippen LogP contribution in [-0.4, -0.2) is 53.6 Å². The van der Waals surface area contributed by atoms with Gasteiger partial charge in [-0.15, -0.1) is 0 Å². The predicted molar refractivity (Wildman–Crippen MR) is 108 cm³/mol. The highest BCUT2D eigenvalue weighted by Crippen LogP contribution is 2.18. The molecule has 0 radical (unpaired) electrons. The van der Waals surface area contributed by atoms with Crippen LogP contribution in [0.4, 0.5) is 0 Å². The zero-order valence-corrected chi connectivity index (χ0v) is 16.5. The molecule has 0 unspecified atom stereocenters. The minimum Gasteiger partial charge on any atom is -0.282 e. The number of aromatic nitrogens is 2. The van der Waals surface area contributed by atoms with Gasteiger partial charge >= 0.3 is 0 Å². The third kappa shape index (κ3) is 3.58. The van der Waals surface area contributed by atoms with Gasteiger partial charge in [-0.05, 0) is 25.1 Å². The van der Waals surface area contributed by atoms with Crippen molar-refractivity contribution in [1.29, 1.82) is 0 Å². The Morgan fingerprint density at radius 2 is 1.64 bits per heavy atom. The monoisotopic (exact) mass is 398 g/mol. The van der Waals surface area contributed by atoms with E-state index in [0.717, 1.165) is 10.9 Å². The van der Waals surface area contributed by atoms with Crippen LogP contribution in [0.2, 0.25) is 0 Å². The summed E-state index contributed by atoms with van der Waals surface area (Å²) in [6.07, 6.45) is 1.69. The Kier molecular flexibility index (Phi) is 5.01. The molecule has 1 saturated heterocycles. The second kappa shape index (κ2) is 7.46. The van der Waals surface area contributed by atoms with Crippen LogP contribution in [-0.2, 0) is 16.7 Å². The molecule has 0 amide bonds. The smallest absolute Gasteiger partial charge is 0.275 e. The number of nitrogens with zero attached hydrogens (tertiary/aromatic N) is 4. The predicted octanol–water partition coefficient (Wildman–Crippen LogP) is 1.67. The van der Waals surface area contributed by atoms with E-state index in [4.69, 9.17) is 0 Å². The first kappa shape index (κ1) is 18.8. The Bertz CT molecular complexity index is 1150. The second-order valence-corrected chi connectivity index (χ2v) is 8.95. The molecule has 0 spiro atoms. The molecular formula is C20H22N4O3S. The highest BCUT2D eigenvalue weighted by molar-refractivity contribution is 7.89. The fourth-order valence-corrected chi connectivity index (χ4v) is 4.81. The van der Waals surface area contributed by atoms with Gasteiger partial charge in [-0.2, -0.15) is 9.40 Å². The van der Waals surface area contributed by atoms with Gasteiger partial charge in [-0.3, -0.25) is 9.69 Å². The molecule has 1 fully saturated rings. The van der Waals surface area contributed by atoms with E-state index in [1.165, 1.54) is 8.99 Å². The standard InChI is InChI=1S/C20H22N4O3S/c1-16-6-8-18(9-7-16)28(26,27)23-12-10-22(11-13-23)15-24-20(25)19-5-3-2-4-17(19)14-21-24/h2-9,14H,10-13,15H2,1H3. The van der Waals surface area contributed by atoms with E-state index >= 15 is 0 Å². The maximum absolute atomic E-state index is 12.8. The van der Waals surface area contributed by atoms with Crippen LogP contribution in [0.25, 0.3) is 10.8 Å². The number of hydrogen-bond acceptors (Lipinski definition) is 5. The Morgan fingerprint density at radius 3 is 2.36 bits per heavy atom. The Morgan fingerprint density at radius 1 is 0.964 bits per heavy atom. The fourth-order valence-electron chi connectivity index (χ4n) is 3.39. The normalized spacial score (nSPS) is 16.5. The van der Waals surface area contributed by atoms with E-state index < -0.39 is 10.0 Å². The first-order chi connectivity index (χ1) is 13.4. The molecule has 146 valence electrons. The van der Waals surface area contributed by atoms with Crippen molar-refractivity contribution < 1.29 is 8.42 Å². The summed E-state index contributed by atoms with van der Waals surface area (Å²) in [5, 5.41) is 5.71. The number of aryl methyl sites for hydroxylation is 1. The molecule has 28 heavy (non-hydrogen) atoms. The van der Waals surface area contributed by atoms with E-state index in [0.29, 0.717) is 43.1 Å². The lowest BCUT2D eigenvalue weighted by Gasteiger charge is -2.33. The maximum Gasteiger partial charge on any atom is 0.275 e. The van der Waals surface area contributed by atoms with Crippen LogP contribution in [0, 0.1) is 6.92 Å². The Labute approximate surface area is 163 Å². The van der Waals surface area contributed by atoms with Crippen LogP contribution in [0.1, 0.15) is 5.56 Å².